The van der Waals surface area contributed by atoms with Crippen LogP contribution in [0.5, 0.6) is 0 Å². The number of thioether (sulfide) groups is 1. The molecule has 0 spiro atoms. The molecule has 0 bridgehead atoms. The zero-order chi connectivity index (χ0) is 19.9. The van der Waals surface area contributed by atoms with Crippen molar-refractivity contribution in [3.63, 3.8) is 0 Å². The Kier molecular flexibility index (Phi) is 5.51. The molecule has 2 aromatic rings. The Morgan fingerprint density at radius 2 is 1.48 bits per heavy atom. The molecule has 144 valence electrons. The molecular formula is C24H30OS2. The van der Waals surface area contributed by atoms with Crippen LogP contribution in [0.2, 0.25) is 0 Å². The Balaban J connectivity index is 2.28. The van der Waals surface area contributed by atoms with Gasteiger partial charge in [-0.3, -0.25) is 0 Å². The zero-order valence-electron chi connectivity index (χ0n) is 17.2. The van der Waals surface area contributed by atoms with E-state index in [0.29, 0.717) is 0 Å². The van der Waals surface area contributed by atoms with Crippen molar-refractivity contribution < 1.29 is 5.11 Å². The number of hydrogen-bond acceptors (Lipinski definition) is 3. The minimum Gasteiger partial charge on any atom is -0.375 e. The maximum atomic E-state index is 12.1. The van der Waals surface area contributed by atoms with Crippen LogP contribution in [0.25, 0.3) is 0 Å². The van der Waals surface area contributed by atoms with Crippen LogP contribution in [0.15, 0.2) is 58.2 Å². The second kappa shape index (κ2) is 7.27. The van der Waals surface area contributed by atoms with Gasteiger partial charge in [-0.1, -0.05) is 89.7 Å². The number of allylic oxidation sites excluding steroid dienone is 2. The standard InChI is InChI=1S/C24H30OS2/c1-22(2,3)17-14-18(23(4,5)6)16-19(15-17)24(25,21-11-9-13-27-21)20-10-7-8-12-26-20/h8-16,25H,7H2,1-6H3. The van der Waals surface area contributed by atoms with Gasteiger partial charge in [-0.2, -0.15) is 0 Å². The predicted octanol–water partition coefficient (Wildman–Crippen LogP) is 7.11. The molecule has 3 rings (SSSR count). The van der Waals surface area contributed by atoms with Crippen molar-refractivity contribution in [1.82, 2.24) is 0 Å². The fourth-order valence-corrected chi connectivity index (χ4v) is 5.09. The molecule has 2 heterocycles. The maximum Gasteiger partial charge on any atom is 0.155 e. The third-order valence-corrected chi connectivity index (χ3v) is 7.07. The van der Waals surface area contributed by atoms with E-state index < -0.39 is 5.60 Å². The molecule has 0 saturated heterocycles. The first-order valence-corrected chi connectivity index (χ1v) is 11.2. The van der Waals surface area contributed by atoms with Crippen LogP contribution in [0.3, 0.4) is 0 Å². The molecule has 3 heteroatoms. The van der Waals surface area contributed by atoms with E-state index in [1.807, 2.05) is 17.5 Å². The van der Waals surface area contributed by atoms with Gasteiger partial charge in [-0.25, -0.2) is 0 Å². The lowest BCUT2D eigenvalue weighted by Gasteiger charge is -2.34. The van der Waals surface area contributed by atoms with Gasteiger partial charge in [0.15, 0.2) is 5.60 Å². The summed E-state index contributed by atoms with van der Waals surface area (Å²) in [5.41, 5.74) is 2.41. The summed E-state index contributed by atoms with van der Waals surface area (Å²) in [6.07, 6.45) is 5.15. The molecular weight excluding hydrogens is 368 g/mol. The smallest absolute Gasteiger partial charge is 0.155 e. The molecule has 1 aromatic carbocycles. The van der Waals surface area contributed by atoms with Gasteiger partial charge < -0.3 is 5.11 Å². The highest BCUT2D eigenvalue weighted by atomic mass is 32.2. The van der Waals surface area contributed by atoms with Gasteiger partial charge in [-0.05, 0) is 50.8 Å². The minimum absolute atomic E-state index is 0.0142. The van der Waals surface area contributed by atoms with Crippen molar-refractivity contribution in [3.05, 3.63) is 79.7 Å². The average Bonchev–Trinajstić information content (AvgIpc) is 3.15. The number of hydrogen-bond donors (Lipinski definition) is 1. The Bertz CT molecular complexity index is 829. The number of thiophene rings is 1. The first kappa shape index (κ1) is 20.4. The van der Waals surface area contributed by atoms with E-state index in [-0.39, 0.29) is 10.8 Å². The lowest BCUT2D eigenvalue weighted by atomic mass is 9.77. The first-order chi connectivity index (χ1) is 12.5. The van der Waals surface area contributed by atoms with E-state index in [2.05, 4.69) is 77.3 Å². The Morgan fingerprint density at radius 3 is 1.93 bits per heavy atom. The molecule has 1 aliphatic rings. The van der Waals surface area contributed by atoms with Crippen molar-refractivity contribution in [2.75, 3.05) is 0 Å². The average molecular weight is 399 g/mol. The maximum absolute atomic E-state index is 12.1. The van der Waals surface area contributed by atoms with Gasteiger partial charge in [0.25, 0.3) is 0 Å². The van der Waals surface area contributed by atoms with E-state index >= 15 is 0 Å². The van der Waals surface area contributed by atoms with Crippen molar-refractivity contribution in [3.8, 4) is 0 Å². The van der Waals surface area contributed by atoms with Gasteiger partial charge in [0.05, 0.1) is 0 Å². The zero-order valence-corrected chi connectivity index (χ0v) is 18.8. The molecule has 0 saturated carbocycles. The Morgan fingerprint density at radius 1 is 0.889 bits per heavy atom. The van der Waals surface area contributed by atoms with Crippen LogP contribution in [0.4, 0.5) is 0 Å². The Hall–Kier alpha value is -1.29. The third kappa shape index (κ3) is 4.11. The number of benzene rings is 1. The monoisotopic (exact) mass is 398 g/mol. The van der Waals surface area contributed by atoms with Crippen molar-refractivity contribution in [2.45, 2.75) is 64.4 Å². The lowest BCUT2D eigenvalue weighted by Crippen LogP contribution is -2.30. The minimum atomic E-state index is -1.11. The molecule has 27 heavy (non-hydrogen) atoms. The molecule has 1 aliphatic heterocycles. The molecule has 1 unspecified atom stereocenters. The lowest BCUT2D eigenvalue weighted by molar-refractivity contribution is 0.133. The molecule has 0 radical (unpaired) electrons. The highest BCUT2D eigenvalue weighted by Crippen LogP contribution is 2.47. The van der Waals surface area contributed by atoms with Gasteiger partial charge in [0.2, 0.25) is 0 Å². The second-order valence-corrected chi connectivity index (χ2v) is 11.2. The van der Waals surface area contributed by atoms with Crippen molar-refractivity contribution in [2.24, 2.45) is 0 Å². The normalized spacial score (nSPS) is 17.5. The third-order valence-electron chi connectivity index (χ3n) is 5.05. The van der Waals surface area contributed by atoms with Crippen LogP contribution in [-0.4, -0.2) is 5.11 Å². The van der Waals surface area contributed by atoms with Crippen LogP contribution in [0, 0.1) is 0 Å². The number of aliphatic hydroxyl groups is 1. The highest BCUT2D eigenvalue weighted by Gasteiger charge is 2.39. The van der Waals surface area contributed by atoms with Gasteiger partial charge in [0.1, 0.15) is 0 Å². The summed E-state index contributed by atoms with van der Waals surface area (Å²) in [4.78, 5) is 1.97. The summed E-state index contributed by atoms with van der Waals surface area (Å²) in [6, 6.07) is 10.8. The quantitative estimate of drug-likeness (QED) is 0.594. The molecule has 0 fully saturated rings. The SMILES string of the molecule is CC(C)(C)c1cc(C(C)(C)C)cc(C(O)(C2=CCC=CS2)c2cccs2)c1. The molecule has 1 nitrogen and oxygen atoms in total. The second-order valence-electron chi connectivity index (χ2n) is 9.28. The summed E-state index contributed by atoms with van der Waals surface area (Å²) < 4.78 is 0. The molecule has 1 atom stereocenters. The van der Waals surface area contributed by atoms with Gasteiger partial charge in [0, 0.05) is 9.78 Å². The summed E-state index contributed by atoms with van der Waals surface area (Å²) in [5.74, 6) is 0. The fourth-order valence-electron chi connectivity index (χ4n) is 3.23. The molecule has 1 aromatic heterocycles. The van der Waals surface area contributed by atoms with E-state index in [1.54, 1.807) is 23.1 Å². The van der Waals surface area contributed by atoms with Gasteiger partial charge in [-0.15, -0.1) is 11.3 Å². The van der Waals surface area contributed by atoms with E-state index in [9.17, 15) is 5.11 Å². The van der Waals surface area contributed by atoms with Crippen LogP contribution in [-0.2, 0) is 16.4 Å². The van der Waals surface area contributed by atoms with E-state index in [4.69, 9.17) is 0 Å². The largest absolute Gasteiger partial charge is 0.375 e. The van der Waals surface area contributed by atoms with Crippen molar-refractivity contribution >= 4 is 23.1 Å². The fraction of sp³-hybridized carbons (Fsp3) is 0.417. The summed E-state index contributed by atoms with van der Waals surface area (Å²) in [7, 11) is 0. The van der Waals surface area contributed by atoms with Crippen LogP contribution in [0.1, 0.15) is 69.5 Å². The Labute approximate surface area is 172 Å². The van der Waals surface area contributed by atoms with E-state index in [0.717, 1.165) is 21.8 Å². The summed E-state index contributed by atoms with van der Waals surface area (Å²) in [5, 5.41) is 16.3. The van der Waals surface area contributed by atoms with E-state index in [1.165, 1.54) is 11.1 Å². The van der Waals surface area contributed by atoms with Crippen molar-refractivity contribution in [1.29, 1.82) is 0 Å². The predicted molar refractivity (Wildman–Crippen MR) is 121 cm³/mol. The van der Waals surface area contributed by atoms with Gasteiger partial charge >= 0.3 is 0 Å². The van der Waals surface area contributed by atoms with Crippen LogP contribution >= 0.6 is 23.1 Å². The van der Waals surface area contributed by atoms with Crippen LogP contribution < -0.4 is 0 Å². The molecule has 0 aliphatic carbocycles. The highest BCUT2D eigenvalue weighted by molar-refractivity contribution is 8.05. The summed E-state index contributed by atoms with van der Waals surface area (Å²) in [6.45, 7) is 13.4. The summed E-state index contributed by atoms with van der Waals surface area (Å²) >= 11 is 3.24. The topological polar surface area (TPSA) is 20.2 Å². The number of rotatable bonds is 3. The molecule has 1 N–H and O–H groups in total. The molecule has 0 amide bonds. The first-order valence-electron chi connectivity index (χ1n) is 9.48.